The molecule has 0 unspecified atom stereocenters. The first-order valence-electron chi connectivity index (χ1n) is 46.6. The molecule has 0 spiro atoms. The van der Waals surface area contributed by atoms with Gasteiger partial charge in [-0.25, -0.2) is 18.3 Å². The highest BCUT2D eigenvalue weighted by Gasteiger charge is 2.37. The summed E-state index contributed by atoms with van der Waals surface area (Å²) in [5.74, 6) is 2.44. The van der Waals surface area contributed by atoms with E-state index in [-0.39, 0.29) is 29.7 Å². The minimum absolute atomic E-state index is 0. The van der Waals surface area contributed by atoms with Crippen molar-refractivity contribution >= 4 is 44.1 Å². The molecule has 0 aliphatic heterocycles. The van der Waals surface area contributed by atoms with Gasteiger partial charge in [-0.3, -0.25) is 0 Å². The second kappa shape index (κ2) is 41.3. The van der Waals surface area contributed by atoms with Crippen LogP contribution in [-0.4, -0.2) is 18.3 Å². The number of nitrogens with zero attached hydrogens (tertiary/aromatic N) is 8. The van der Waals surface area contributed by atoms with Gasteiger partial charge in [0, 0.05) is 51.4 Å². The lowest BCUT2D eigenvalue weighted by Crippen LogP contribution is -2.30. The predicted octanol–water partition coefficient (Wildman–Crippen LogP) is 31.5. The van der Waals surface area contributed by atoms with E-state index in [9.17, 15) is 0 Å². The Kier molecular flexibility index (Phi) is 29.8. The molecule has 4 aromatic heterocycles. The molecule has 660 valence electrons. The van der Waals surface area contributed by atoms with Crippen LogP contribution in [0.15, 0.2) is 255 Å². The van der Waals surface area contributed by atoms with Crippen molar-refractivity contribution in [3.05, 3.63) is 333 Å². The Morgan fingerprint density at radius 1 is 0.214 bits per heavy atom. The van der Waals surface area contributed by atoms with E-state index in [4.69, 9.17) is 6.85 Å². The number of hydrogen-bond donors (Lipinski definition) is 0. The van der Waals surface area contributed by atoms with Crippen molar-refractivity contribution in [3.63, 3.8) is 0 Å². The summed E-state index contributed by atoms with van der Waals surface area (Å²) in [6, 6.07) is 90.3. The number of aromatic nitrogens is 8. The summed E-state index contributed by atoms with van der Waals surface area (Å²) in [4.78, 5) is 0. The monoisotopic (exact) mass is 1690 g/mol. The van der Waals surface area contributed by atoms with Crippen molar-refractivity contribution in [2.24, 2.45) is 28.2 Å². The highest BCUT2D eigenvalue weighted by atomic mass is 15.2. The van der Waals surface area contributed by atoms with Gasteiger partial charge < -0.3 is 0 Å². The Balaban J connectivity index is 0.000000195. The normalized spacial score (nSPS) is 12.5. The summed E-state index contributed by atoms with van der Waals surface area (Å²) >= 11 is 0. The summed E-state index contributed by atoms with van der Waals surface area (Å²) in [6.07, 6.45) is 0. The Morgan fingerprint density at radius 3 is 0.651 bits per heavy atom. The van der Waals surface area contributed by atoms with Crippen LogP contribution in [0.2, 0.25) is 0 Å². The molecule has 0 bridgehead atoms. The van der Waals surface area contributed by atoms with E-state index in [1.165, 1.54) is 101 Å². The van der Waals surface area contributed by atoms with E-state index < -0.39 is 29.5 Å². The third-order valence-corrected chi connectivity index (χ3v) is 24.8. The van der Waals surface area contributed by atoms with Gasteiger partial charge in [0.2, 0.25) is 0 Å². The van der Waals surface area contributed by atoms with Crippen LogP contribution < -0.4 is 18.3 Å². The molecule has 0 N–H and O–H groups in total. The van der Waals surface area contributed by atoms with E-state index in [1.807, 2.05) is 118 Å². The Morgan fingerprint density at radius 2 is 0.421 bits per heavy atom. The van der Waals surface area contributed by atoms with Crippen LogP contribution in [0.5, 0.6) is 0 Å². The summed E-state index contributed by atoms with van der Waals surface area (Å²) in [5.41, 5.74) is 35.0. The van der Waals surface area contributed by atoms with Crippen LogP contribution in [-0.2, 0) is 28.2 Å². The molecule has 0 saturated heterocycles. The molecule has 0 radical (unpaired) electrons. The lowest BCUT2D eigenvalue weighted by atomic mass is 9.87. The minimum Gasteiger partial charge on any atom is -0.225 e. The predicted molar refractivity (Wildman–Crippen MR) is 546 cm³/mol. The lowest BCUT2D eigenvalue weighted by molar-refractivity contribution is -0.634. The molecule has 16 aromatic rings. The fraction of sp³-hybridized carbons (Fsp3) is 0.356. The second-order valence-electron chi connectivity index (χ2n) is 36.3. The van der Waals surface area contributed by atoms with Crippen molar-refractivity contribution < 1.29 is 25.1 Å². The average Bonchev–Trinajstić information content (AvgIpc) is 1.63. The number of imidazole rings is 4. The van der Waals surface area contributed by atoms with Gasteiger partial charge in [0.05, 0.1) is 50.4 Å². The van der Waals surface area contributed by atoms with Crippen LogP contribution in [0.25, 0.3) is 112 Å². The molecule has 126 heavy (non-hydrogen) atoms. The zero-order valence-electron chi connectivity index (χ0n) is 83.2. The fourth-order valence-electron chi connectivity index (χ4n) is 18.1. The highest BCUT2D eigenvalue weighted by Crippen LogP contribution is 2.45. The van der Waals surface area contributed by atoms with Gasteiger partial charge >= 0.3 is 0 Å². The smallest absolute Gasteiger partial charge is 0.225 e. The Hall–Kier alpha value is -11.5. The van der Waals surface area contributed by atoms with Gasteiger partial charge in [0.25, 0.3) is 23.3 Å². The lowest BCUT2D eigenvalue weighted by Gasteiger charge is -2.21. The second-order valence-corrected chi connectivity index (χ2v) is 36.3. The molecule has 0 fully saturated rings. The van der Waals surface area contributed by atoms with E-state index in [1.54, 1.807) is 0 Å². The van der Waals surface area contributed by atoms with Crippen molar-refractivity contribution in [1.82, 2.24) is 18.3 Å². The third-order valence-electron chi connectivity index (χ3n) is 24.8. The Bertz CT molecular complexity index is 6630. The summed E-state index contributed by atoms with van der Waals surface area (Å²) in [6.45, 7) is 50.7. The molecule has 0 amide bonds. The van der Waals surface area contributed by atoms with Gasteiger partial charge in [-0.2, -0.15) is 18.3 Å². The van der Waals surface area contributed by atoms with Crippen molar-refractivity contribution in [2.75, 3.05) is 0 Å². The van der Waals surface area contributed by atoms with Gasteiger partial charge in [-0.1, -0.05) is 350 Å². The first-order valence-corrected chi connectivity index (χ1v) is 44.1. The molecule has 0 aliphatic carbocycles. The number of fused-ring (bicyclic) bond motifs is 4. The van der Waals surface area contributed by atoms with Crippen molar-refractivity contribution in [2.45, 2.75) is 255 Å². The van der Waals surface area contributed by atoms with E-state index >= 15 is 0 Å². The van der Waals surface area contributed by atoms with Gasteiger partial charge in [0.15, 0.2) is 44.1 Å². The van der Waals surface area contributed by atoms with Crippen LogP contribution >= 0.6 is 0 Å². The molecule has 8 heteroatoms. The Labute approximate surface area is 767 Å². The van der Waals surface area contributed by atoms with Gasteiger partial charge in [0.1, 0.15) is 22.7 Å². The average molecular weight is 1690 g/mol. The number of benzene rings is 12. The number of hydrogen-bond acceptors (Lipinski definition) is 0. The topological polar surface area (TPSA) is 35.2 Å². The summed E-state index contributed by atoms with van der Waals surface area (Å²) < 4.78 is 63.6. The zero-order valence-corrected chi connectivity index (χ0v) is 78.2. The standard InChI is InChI=1S/2C30H37N2.2C27H31N2.4CH4/c2*1-19(2)23-17-25(20(3)4)29(26(18-23)21(5)6)32-28-16-12-11-15-27(28)31(8)30(32)24-14-10-9-13-22(24)7;2*1-18(2)21-14-11-15-22(19(3)4)26(21)29-25-17-10-9-16-24(25)28(6)27(29)23-13-8-7-12-20(23)5;;;;/h2*9-21H,1-8H3;2*7-19H,1-6H3;4*1H4/q4*+1;;;;/i19D,20D,21D;;18D,19D;;;;;. The molecule has 0 saturated carbocycles. The first kappa shape index (κ1) is 90.8. The van der Waals surface area contributed by atoms with Crippen LogP contribution in [0, 0.1) is 27.7 Å². The minimum atomic E-state index is -0.941. The molecular formula is C118H152N8+4. The van der Waals surface area contributed by atoms with Crippen LogP contribution in [0.1, 0.15) is 312 Å². The van der Waals surface area contributed by atoms with Crippen LogP contribution in [0.4, 0.5) is 0 Å². The van der Waals surface area contributed by atoms with Crippen molar-refractivity contribution in [3.8, 4) is 68.3 Å². The molecule has 12 aromatic carbocycles. The van der Waals surface area contributed by atoms with E-state index in [0.717, 1.165) is 89.6 Å². The molecule has 4 heterocycles. The fourth-order valence-corrected chi connectivity index (χ4v) is 18.1. The zero-order chi connectivity index (χ0) is 92.3. The molecule has 0 aliphatic rings. The molecular weight excluding hydrogens is 1530 g/mol. The van der Waals surface area contributed by atoms with Crippen LogP contribution in [0.3, 0.4) is 0 Å². The first-order chi connectivity index (χ1) is 59.8. The molecule has 16 rings (SSSR count). The number of aryl methyl sites for hydroxylation is 8. The van der Waals surface area contributed by atoms with Gasteiger partial charge in [-0.05, 0) is 193 Å². The largest absolute Gasteiger partial charge is 0.295 e. The summed E-state index contributed by atoms with van der Waals surface area (Å²) in [7, 11) is 8.57. The van der Waals surface area contributed by atoms with E-state index in [0.29, 0.717) is 29.6 Å². The number of para-hydroxylation sites is 10. The third kappa shape index (κ3) is 18.8. The highest BCUT2D eigenvalue weighted by molar-refractivity contribution is 5.85. The van der Waals surface area contributed by atoms with E-state index in [2.05, 4.69) is 368 Å². The molecule has 0 atom stereocenters. The van der Waals surface area contributed by atoms with Crippen molar-refractivity contribution in [1.29, 1.82) is 0 Å². The molecule has 8 nitrogen and oxygen atoms in total. The maximum atomic E-state index is 9.16. The maximum absolute atomic E-state index is 9.16. The maximum Gasteiger partial charge on any atom is 0.295 e. The number of rotatable bonds is 18. The summed E-state index contributed by atoms with van der Waals surface area (Å²) in [5, 5.41) is 0. The van der Waals surface area contributed by atoms with Gasteiger partial charge in [-0.15, -0.1) is 0 Å². The SMILES string of the molecule is C.C.C.C.Cc1ccccc1-c1n(-c2c(C(C)C)cc(C(C)C)cc2C(C)C)c2ccccc2[n+]1C.Cc1ccccc1-c1n(-c2c(C(C)C)cccc2C(C)C)c2ccccc2[n+]1C.[2H]C(C)(C)c1cc(C([2H])(C)C)c(-n2c(-c3ccccc3C)[n+](C)c3ccccc32)c(C([2H])(C)C)c1.[2H]C(C)(C)c1cccc(C([2H])(C)C)c1-n1c(-c2ccccc2C)[n+](C)c2ccccc21. The quantitative estimate of drug-likeness (QED) is 0.0768.